The van der Waals surface area contributed by atoms with Crippen molar-refractivity contribution in [2.24, 2.45) is 5.10 Å². The van der Waals surface area contributed by atoms with Gasteiger partial charge in [0.25, 0.3) is 0 Å². The first-order valence-corrected chi connectivity index (χ1v) is 10.3. The van der Waals surface area contributed by atoms with Gasteiger partial charge in [0.15, 0.2) is 0 Å². The van der Waals surface area contributed by atoms with Crippen LogP contribution in [0.3, 0.4) is 0 Å². The van der Waals surface area contributed by atoms with Crippen LogP contribution < -0.4 is 10.7 Å². The molecule has 5 nitrogen and oxygen atoms in total. The number of anilines is 1. The molecular weight excluding hydrogens is 386 g/mol. The summed E-state index contributed by atoms with van der Waals surface area (Å²) in [7, 11) is 0. The predicted molar refractivity (Wildman–Crippen MR) is 126 cm³/mol. The molecular formula is C26H23N3O2. The number of fused-ring (bicyclic) bond motifs is 2. The van der Waals surface area contributed by atoms with E-state index < -0.39 is 5.91 Å². The summed E-state index contributed by atoms with van der Waals surface area (Å²) in [5.41, 5.74) is 5.16. The second-order valence-electron chi connectivity index (χ2n) is 7.26. The van der Waals surface area contributed by atoms with Crippen LogP contribution in [0.2, 0.25) is 0 Å². The molecule has 0 aliphatic heterocycles. The third-order valence-electron chi connectivity index (χ3n) is 5.19. The van der Waals surface area contributed by atoms with Crippen LogP contribution in [0.1, 0.15) is 24.5 Å². The van der Waals surface area contributed by atoms with E-state index in [9.17, 15) is 9.59 Å². The molecule has 4 aromatic rings. The van der Waals surface area contributed by atoms with E-state index in [0.29, 0.717) is 0 Å². The average Bonchev–Trinajstić information content (AvgIpc) is 2.79. The summed E-state index contributed by atoms with van der Waals surface area (Å²) >= 11 is 0. The van der Waals surface area contributed by atoms with Gasteiger partial charge in [-0.2, -0.15) is 5.10 Å². The number of para-hydroxylation sites is 1. The SMILES string of the molecule is CCc1ccccc1NC(=O)CC(=O)NN=Cc1c2ccccc2cc2ccccc12. The van der Waals surface area contributed by atoms with E-state index in [4.69, 9.17) is 0 Å². The van der Waals surface area contributed by atoms with Crippen LogP contribution in [0, 0.1) is 0 Å². The number of nitrogens with zero attached hydrogens (tertiary/aromatic N) is 1. The number of amides is 2. The molecule has 0 saturated heterocycles. The van der Waals surface area contributed by atoms with Gasteiger partial charge in [-0.05, 0) is 45.7 Å². The van der Waals surface area contributed by atoms with Gasteiger partial charge in [-0.1, -0.05) is 73.7 Å². The Morgan fingerprint density at radius 1 is 0.839 bits per heavy atom. The molecule has 0 aliphatic carbocycles. The van der Waals surface area contributed by atoms with E-state index in [2.05, 4.69) is 34.0 Å². The van der Waals surface area contributed by atoms with Crippen molar-refractivity contribution < 1.29 is 9.59 Å². The number of rotatable bonds is 6. The van der Waals surface area contributed by atoms with E-state index in [-0.39, 0.29) is 12.3 Å². The second-order valence-corrected chi connectivity index (χ2v) is 7.26. The van der Waals surface area contributed by atoms with Crippen LogP contribution in [0.4, 0.5) is 5.69 Å². The fourth-order valence-electron chi connectivity index (χ4n) is 3.69. The number of carbonyl (C=O) groups is 2. The smallest absolute Gasteiger partial charge is 0.249 e. The minimum atomic E-state index is -0.465. The largest absolute Gasteiger partial charge is 0.325 e. The highest BCUT2D eigenvalue weighted by atomic mass is 16.2. The van der Waals surface area contributed by atoms with Crippen molar-refractivity contribution in [3.63, 3.8) is 0 Å². The van der Waals surface area contributed by atoms with Crippen LogP contribution in [0.15, 0.2) is 84.0 Å². The van der Waals surface area contributed by atoms with Crippen LogP contribution in [0.5, 0.6) is 0 Å². The molecule has 0 saturated carbocycles. The Balaban J connectivity index is 1.47. The van der Waals surface area contributed by atoms with Gasteiger partial charge in [0.05, 0.1) is 6.21 Å². The standard InChI is InChI=1S/C26H23N3O2/c1-2-18-9-5-8-14-24(18)28-25(30)16-26(31)29-27-17-23-21-12-6-3-10-19(21)15-20-11-4-7-13-22(20)23/h3-15,17H,2,16H2,1H3,(H,28,30)(H,29,31). The summed E-state index contributed by atoms with van der Waals surface area (Å²) < 4.78 is 0. The van der Waals surface area contributed by atoms with Crippen LogP contribution in [-0.2, 0) is 16.0 Å². The van der Waals surface area contributed by atoms with Crippen molar-refractivity contribution in [1.29, 1.82) is 0 Å². The lowest BCUT2D eigenvalue weighted by molar-refractivity contribution is -0.126. The van der Waals surface area contributed by atoms with Gasteiger partial charge in [0.1, 0.15) is 6.42 Å². The van der Waals surface area contributed by atoms with Gasteiger partial charge < -0.3 is 5.32 Å². The molecule has 4 aromatic carbocycles. The molecule has 5 heteroatoms. The molecule has 0 aliphatic rings. The summed E-state index contributed by atoms with van der Waals surface area (Å²) in [5.74, 6) is -0.837. The molecule has 4 rings (SSSR count). The Kier molecular flexibility index (Phi) is 6.03. The number of hydrogen-bond donors (Lipinski definition) is 2. The van der Waals surface area contributed by atoms with Gasteiger partial charge in [0.2, 0.25) is 11.8 Å². The maximum absolute atomic E-state index is 12.2. The molecule has 0 fully saturated rings. The van der Waals surface area contributed by atoms with Gasteiger partial charge in [-0.3, -0.25) is 9.59 Å². The Morgan fingerprint density at radius 2 is 1.45 bits per heavy atom. The summed E-state index contributed by atoms with van der Waals surface area (Å²) in [4.78, 5) is 24.5. The van der Waals surface area contributed by atoms with Crippen molar-refractivity contribution in [2.45, 2.75) is 19.8 Å². The fourth-order valence-corrected chi connectivity index (χ4v) is 3.69. The lowest BCUT2D eigenvalue weighted by Crippen LogP contribution is -2.25. The maximum atomic E-state index is 12.2. The predicted octanol–water partition coefficient (Wildman–Crippen LogP) is 5.03. The summed E-state index contributed by atoms with van der Waals surface area (Å²) in [5, 5.41) is 11.2. The van der Waals surface area contributed by atoms with E-state index in [1.165, 1.54) is 0 Å². The third-order valence-corrected chi connectivity index (χ3v) is 5.19. The van der Waals surface area contributed by atoms with E-state index in [0.717, 1.165) is 44.8 Å². The molecule has 0 spiro atoms. The Hall–Kier alpha value is -3.99. The first-order valence-electron chi connectivity index (χ1n) is 10.3. The number of hydrazone groups is 1. The minimum Gasteiger partial charge on any atom is -0.325 e. The second kappa shape index (κ2) is 9.22. The third kappa shape index (κ3) is 4.61. The highest BCUT2D eigenvalue weighted by Crippen LogP contribution is 2.27. The Bertz CT molecular complexity index is 1240. The normalized spacial score (nSPS) is 11.1. The molecule has 2 amide bonds. The number of benzene rings is 4. The topological polar surface area (TPSA) is 70.6 Å². The van der Waals surface area contributed by atoms with Gasteiger partial charge >= 0.3 is 0 Å². The number of hydrogen-bond acceptors (Lipinski definition) is 3. The first-order chi connectivity index (χ1) is 15.2. The molecule has 0 atom stereocenters. The zero-order chi connectivity index (χ0) is 21.6. The summed E-state index contributed by atoms with van der Waals surface area (Å²) in [6.45, 7) is 2.02. The lowest BCUT2D eigenvalue weighted by atomic mass is 9.97. The quantitative estimate of drug-likeness (QED) is 0.203. The van der Waals surface area contributed by atoms with Crippen molar-refractivity contribution in [1.82, 2.24) is 5.43 Å². The Labute approximate surface area is 180 Å². The van der Waals surface area contributed by atoms with Crippen molar-refractivity contribution in [3.05, 3.63) is 90.0 Å². The highest BCUT2D eigenvalue weighted by Gasteiger charge is 2.11. The lowest BCUT2D eigenvalue weighted by Gasteiger charge is -2.09. The van der Waals surface area contributed by atoms with E-state index in [1.54, 1.807) is 6.21 Å². The van der Waals surface area contributed by atoms with Gasteiger partial charge in [-0.15, -0.1) is 0 Å². The molecule has 0 aromatic heterocycles. The average molecular weight is 409 g/mol. The summed E-state index contributed by atoms with van der Waals surface area (Å²) in [6.07, 6.45) is 2.14. The molecule has 0 heterocycles. The van der Waals surface area contributed by atoms with Crippen LogP contribution >= 0.6 is 0 Å². The number of aryl methyl sites for hydroxylation is 1. The first kappa shape index (κ1) is 20.3. The fraction of sp³-hybridized carbons (Fsp3) is 0.115. The minimum absolute atomic E-state index is 0.300. The van der Waals surface area contributed by atoms with Crippen molar-refractivity contribution >= 4 is 45.3 Å². The molecule has 0 radical (unpaired) electrons. The monoisotopic (exact) mass is 409 g/mol. The summed E-state index contributed by atoms with van der Waals surface area (Å²) in [6, 6.07) is 25.8. The zero-order valence-electron chi connectivity index (χ0n) is 17.3. The van der Waals surface area contributed by atoms with Crippen molar-refractivity contribution in [3.8, 4) is 0 Å². The van der Waals surface area contributed by atoms with Crippen LogP contribution in [-0.4, -0.2) is 18.0 Å². The Morgan fingerprint density at radius 3 is 2.13 bits per heavy atom. The molecule has 31 heavy (non-hydrogen) atoms. The van der Waals surface area contributed by atoms with E-state index in [1.807, 2.05) is 67.6 Å². The van der Waals surface area contributed by atoms with Crippen LogP contribution in [0.25, 0.3) is 21.5 Å². The van der Waals surface area contributed by atoms with Gasteiger partial charge in [0, 0.05) is 11.3 Å². The zero-order valence-corrected chi connectivity index (χ0v) is 17.3. The molecule has 2 N–H and O–H groups in total. The highest BCUT2D eigenvalue weighted by molar-refractivity contribution is 6.13. The molecule has 154 valence electrons. The number of nitrogens with one attached hydrogen (secondary N) is 2. The maximum Gasteiger partial charge on any atom is 0.249 e. The van der Waals surface area contributed by atoms with E-state index >= 15 is 0 Å². The molecule has 0 unspecified atom stereocenters. The van der Waals surface area contributed by atoms with Gasteiger partial charge in [-0.25, -0.2) is 5.43 Å². The molecule has 0 bridgehead atoms. The van der Waals surface area contributed by atoms with Crippen molar-refractivity contribution in [2.75, 3.05) is 5.32 Å². The number of carbonyl (C=O) groups excluding carboxylic acids is 2.